The third-order valence-electron chi connectivity index (χ3n) is 11.0. The molecule has 7 rings (SSSR count). The van der Waals surface area contributed by atoms with Crippen LogP contribution < -0.4 is 10.6 Å². The number of nitrogens with one attached hydrogen (secondary N) is 2. The highest BCUT2D eigenvalue weighted by atomic mass is 16.7. The van der Waals surface area contributed by atoms with Crippen molar-refractivity contribution < 1.29 is 38.4 Å². The smallest absolute Gasteiger partial charge is 0.328 e. The van der Waals surface area contributed by atoms with Crippen molar-refractivity contribution in [2.45, 2.75) is 69.7 Å². The molecule has 0 radical (unpaired) electrons. The first-order valence-corrected chi connectivity index (χ1v) is 19.2. The summed E-state index contributed by atoms with van der Waals surface area (Å²) in [6.07, 6.45) is 1.17. The normalized spacial score (nSPS) is 22.9. The van der Waals surface area contributed by atoms with Gasteiger partial charge in [-0.3, -0.25) is 0 Å². The third kappa shape index (κ3) is 9.61. The van der Waals surface area contributed by atoms with E-state index in [2.05, 4.69) is 46.7 Å². The Morgan fingerprint density at radius 2 is 1.53 bits per heavy atom. The predicted molar refractivity (Wildman–Crippen MR) is 206 cm³/mol. The largest absolute Gasteiger partial charge is 0.467 e. The molecule has 4 aromatic rings. The Kier molecular flexibility index (Phi) is 12.6. The van der Waals surface area contributed by atoms with Crippen LogP contribution in [0.2, 0.25) is 0 Å². The summed E-state index contributed by atoms with van der Waals surface area (Å²) in [7, 11) is 1.31. The maximum atomic E-state index is 12.9. The number of piperidine rings is 1. The van der Waals surface area contributed by atoms with E-state index in [4.69, 9.17) is 23.7 Å². The molecule has 3 aliphatic heterocycles. The van der Waals surface area contributed by atoms with Crippen molar-refractivity contribution in [3.63, 3.8) is 0 Å². The lowest BCUT2D eigenvalue weighted by Crippen LogP contribution is -2.50. The average molecular weight is 750 g/mol. The molecule has 3 heterocycles. The van der Waals surface area contributed by atoms with Crippen LogP contribution in [-0.4, -0.2) is 79.9 Å². The zero-order valence-corrected chi connectivity index (χ0v) is 31.5. The summed E-state index contributed by atoms with van der Waals surface area (Å²) < 4.78 is 30.4. The lowest BCUT2D eigenvalue weighted by molar-refractivity contribution is -0.278. The minimum absolute atomic E-state index is 0.00659. The van der Waals surface area contributed by atoms with Crippen molar-refractivity contribution in [1.82, 2.24) is 15.5 Å². The number of esters is 1. The van der Waals surface area contributed by atoms with E-state index in [1.54, 1.807) is 0 Å². The van der Waals surface area contributed by atoms with Crippen LogP contribution >= 0.6 is 0 Å². The molecule has 0 aliphatic carbocycles. The molecule has 290 valence electrons. The molecule has 11 nitrogen and oxygen atoms in total. The van der Waals surface area contributed by atoms with Crippen molar-refractivity contribution in [2.75, 3.05) is 40.0 Å². The second kappa shape index (κ2) is 17.9. The Morgan fingerprint density at radius 1 is 0.836 bits per heavy atom. The van der Waals surface area contributed by atoms with Crippen LogP contribution in [0.3, 0.4) is 0 Å². The topological polar surface area (TPSA) is 128 Å². The Labute approximate surface area is 322 Å². The predicted octanol–water partition coefficient (Wildman–Crippen LogP) is 6.06. The van der Waals surface area contributed by atoms with Crippen LogP contribution in [0.5, 0.6) is 0 Å². The molecule has 55 heavy (non-hydrogen) atoms. The number of methoxy groups -OCH3 is 1. The quantitative estimate of drug-likeness (QED) is 0.148. The van der Waals surface area contributed by atoms with Crippen molar-refractivity contribution >= 4 is 12.0 Å². The fourth-order valence-electron chi connectivity index (χ4n) is 7.72. The van der Waals surface area contributed by atoms with Crippen LogP contribution in [0.4, 0.5) is 4.79 Å². The molecular formula is C44H51N3O8. The summed E-state index contributed by atoms with van der Waals surface area (Å²) >= 11 is 0. The van der Waals surface area contributed by atoms with Crippen LogP contribution in [0.25, 0.3) is 11.1 Å². The Bertz CT molecular complexity index is 1860. The zero-order chi connectivity index (χ0) is 38.2. The van der Waals surface area contributed by atoms with E-state index in [9.17, 15) is 14.7 Å². The Morgan fingerprint density at radius 3 is 2.22 bits per heavy atom. The number of likely N-dealkylation sites (tertiary alicyclic amines) is 1. The van der Waals surface area contributed by atoms with Gasteiger partial charge in [-0.2, -0.15) is 0 Å². The molecule has 5 atom stereocenters. The average Bonchev–Trinajstić information content (AvgIpc) is 3.69. The van der Waals surface area contributed by atoms with E-state index < -0.39 is 30.1 Å². The molecule has 0 bridgehead atoms. The van der Waals surface area contributed by atoms with Gasteiger partial charge >= 0.3 is 12.0 Å². The molecule has 11 heteroatoms. The maximum absolute atomic E-state index is 12.9. The van der Waals surface area contributed by atoms with E-state index in [1.807, 2.05) is 78.9 Å². The minimum Gasteiger partial charge on any atom is -0.467 e. The number of rotatable bonds is 12. The van der Waals surface area contributed by atoms with Crippen molar-refractivity contribution in [3.8, 4) is 11.1 Å². The number of benzene rings is 4. The summed E-state index contributed by atoms with van der Waals surface area (Å²) in [4.78, 5) is 27.7. The van der Waals surface area contributed by atoms with E-state index >= 15 is 0 Å². The van der Waals surface area contributed by atoms with Gasteiger partial charge in [0.05, 0.1) is 39.1 Å². The number of carbonyl (C=O) groups is 2. The Hall–Kier alpha value is -4.62. The second-order valence-electron chi connectivity index (χ2n) is 14.6. The number of hydrogen-bond donors (Lipinski definition) is 3. The van der Waals surface area contributed by atoms with Gasteiger partial charge in [-0.15, -0.1) is 0 Å². The SMILES string of the molecule is COC(=O)[C@H](Cc1ccccc1)NC(=O)NCc1cccc(-c2ccc([C@@H]3O[C@H](CN4CCC5(CC4)OCCO5)[C@H](C)[C@H](c4ccc(CO)cc4)O3)cc2)c1. The first-order valence-electron chi connectivity index (χ1n) is 19.2. The standard InChI is InChI=1S/C44H51N3O8/c1-30-39(28-47-21-19-44(20-22-47)52-23-24-53-44)54-42(55-40(30)35-13-11-32(29-48)12-14-35)36-17-15-34(16-18-36)37-10-6-9-33(25-37)27-45-43(50)46-38(41(49)51-2)26-31-7-4-3-5-8-31/h3-18,25,30,38-40,42,48H,19-24,26-29H2,1-2H3,(H2,45,46,50)/t30-,38-,39+,40+,42+/m0/s1. The lowest BCUT2D eigenvalue weighted by atomic mass is 9.89. The molecule has 3 fully saturated rings. The van der Waals surface area contributed by atoms with E-state index in [0.29, 0.717) is 19.6 Å². The number of carbonyl (C=O) groups excluding carboxylic acids is 2. The fourth-order valence-corrected chi connectivity index (χ4v) is 7.72. The number of ether oxygens (including phenoxy) is 5. The molecule has 3 aliphatic rings. The van der Waals surface area contributed by atoms with Gasteiger partial charge in [0, 0.05) is 56.9 Å². The van der Waals surface area contributed by atoms with Gasteiger partial charge < -0.3 is 44.3 Å². The van der Waals surface area contributed by atoms with E-state index in [1.165, 1.54) is 7.11 Å². The fraction of sp³-hybridized carbons (Fsp3) is 0.409. The highest BCUT2D eigenvalue weighted by Crippen LogP contribution is 2.43. The molecule has 0 aromatic heterocycles. The van der Waals surface area contributed by atoms with Crippen molar-refractivity contribution in [1.29, 1.82) is 0 Å². The maximum Gasteiger partial charge on any atom is 0.328 e. The number of nitrogens with zero attached hydrogens (tertiary/aromatic N) is 1. The molecular weight excluding hydrogens is 698 g/mol. The zero-order valence-electron chi connectivity index (χ0n) is 31.5. The summed E-state index contributed by atoms with van der Waals surface area (Å²) in [5, 5.41) is 15.3. The minimum atomic E-state index is -0.811. The summed E-state index contributed by atoms with van der Waals surface area (Å²) in [6.45, 7) is 6.32. The first-order chi connectivity index (χ1) is 26.8. The van der Waals surface area contributed by atoms with Gasteiger partial charge in [-0.25, -0.2) is 9.59 Å². The second-order valence-corrected chi connectivity index (χ2v) is 14.6. The van der Waals surface area contributed by atoms with Crippen LogP contribution in [0, 0.1) is 5.92 Å². The van der Waals surface area contributed by atoms with E-state index in [-0.39, 0.29) is 31.3 Å². The summed E-state index contributed by atoms with van der Waals surface area (Å²) in [5.74, 6) is -0.849. The molecule has 2 amide bonds. The first kappa shape index (κ1) is 38.6. The van der Waals surface area contributed by atoms with Crippen LogP contribution in [0.1, 0.15) is 60.0 Å². The third-order valence-corrected chi connectivity index (χ3v) is 11.0. The molecule has 0 unspecified atom stereocenters. The monoisotopic (exact) mass is 749 g/mol. The van der Waals surface area contributed by atoms with Gasteiger partial charge in [0.15, 0.2) is 12.1 Å². The summed E-state index contributed by atoms with van der Waals surface area (Å²) in [5.41, 5.74) is 6.69. The molecule has 1 spiro atoms. The van der Waals surface area contributed by atoms with Gasteiger partial charge in [-0.05, 0) is 39.4 Å². The van der Waals surface area contributed by atoms with E-state index in [0.717, 1.165) is 71.4 Å². The van der Waals surface area contributed by atoms with Crippen LogP contribution in [-0.2, 0) is 48.1 Å². The van der Waals surface area contributed by atoms with Gasteiger partial charge in [0.1, 0.15) is 6.04 Å². The number of aliphatic hydroxyl groups is 1. The van der Waals surface area contributed by atoms with Gasteiger partial charge in [0.2, 0.25) is 0 Å². The molecule has 0 saturated carbocycles. The van der Waals surface area contributed by atoms with Gasteiger partial charge in [-0.1, -0.05) is 104 Å². The number of hydrogen-bond acceptors (Lipinski definition) is 9. The van der Waals surface area contributed by atoms with Gasteiger partial charge in [0.25, 0.3) is 0 Å². The lowest BCUT2D eigenvalue weighted by Gasteiger charge is -2.44. The molecule has 3 N–H and O–H groups in total. The highest BCUT2D eigenvalue weighted by Gasteiger charge is 2.43. The van der Waals surface area contributed by atoms with Crippen molar-refractivity contribution in [3.05, 3.63) is 131 Å². The number of aliphatic hydroxyl groups excluding tert-OH is 1. The highest BCUT2D eigenvalue weighted by molar-refractivity contribution is 5.83. The Balaban J connectivity index is 1.01. The number of urea groups is 1. The summed E-state index contributed by atoms with van der Waals surface area (Å²) in [6, 6.07) is 32.4. The molecule has 3 saturated heterocycles. The van der Waals surface area contributed by atoms with Crippen LogP contribution in [0.15, 0.2) is 103 Å². The van der Waals surface area contributed by atoms with Crippen molar-refractivity contribution in [2.24, 2.45) is 5.92 Å². The number of amides is 2. The molecule has 4 aromatic carbocycles.